The molecule has 0 saturated heterocycles. The van der Waals surface area contributed by atoms with Crippen molar-refractivity contribution in [2.45, 2.75) is 33.1 Å². The molecule has 0 amide bonds. The van der Waals surface area contributed by atoms with Crippen LogP contribution in [0.15, 0.2) is 12.1 Å². The molecule has 0 bridgehead atoms. The van der Waals surface area contributed by atoms with Gasteiger partial charge >= 0.3 is 0 Å². The number of hydrogen-bond donors (Lipinski definition) is 1. The van der Waals surface area contributed by atoms with Crippen molar-refractivity contribution < 1.29 is 0 Å². The third-order valence-corrected chi connectivity index (χ3v) is 2.85. The van der Waals surface area contributed by atoms with Crippen LogP contribution in [-0.4, -0.2) is 15.4 Å². The third kappa shape index (κ3) is 1.29. The molecule has 1 heterocycles. The molecule has 1 N–H and O–H groups in total. The van der Waals surface area contributed by atoms with E-state index in [1.807, 2.05) is 0 Å². The largest absolute Gasteiger partial charge is 0.197 e. The van der Waals surface area contributed by atoms with E-state index in [0.717, 1.165) is 17.5 Å². The van der Waals surface area contributed by atoms with Gasteiger partial charge in [-0.25, -0.2) is 0 Å². The Morgan fingerprint density at radius 3 is 2.71 bits per heavy atom. The molecular formula is C11H15N3. The zero-order valence-corrected chi connectivity index (χ0v) is 8.83. The molecule has 0 aliphatic rings. The van der Waals surface area contributed by atoms with Crippen LogP contribution >= 0.6 is 0 Å². The van der Waals surface area contributed by atoms with Gasteiger partial charge in [0.2, 0.25) is 0 Å². The fourth-order valence-corrected chi connectivity index (χ4v) is 1.70. The summed E-state index contributed by atoms with van der Waals surface area (Å²) in [5, 5.41) is 11.1. The van der Waals surface area contributed by atoms with Gasteiger partial charge < -0.3 is 0 Å². The van der Waals surface area contributed by atoms with Crippen LogP contribution in [0.1, 0.15) is 37.3 Å². The van der Waals surface area contributed by atoms with Crippen LogP contribution in [-0.2, 0) is 0 Å². The van der Waals surface area contributed by atoms with Gasteiger partial charge in [-0.2, -0.15) is 15.4 Å². The summed E-state index contributed by atoms with van der Waals surface area (Å²) in [7, 11) is 0. The number of rotatable bonds is 2. The second-order valence-electron chi connectivity index (χ2n) is 3.80. The van der Waals surface area contributed by atoms with Crippen molar-refractivity contribution in [3.05, 3.63) is 23.3 Å². The number of H-pyrrole nitrogens is 1. The lowest BCUT2D eigenvalue weighted by molar-refractivity contribution is 0.737. The van der Waals surface area contributed by atoms with Crippen molar-refractivity contribution in [2.75, 3.05) is 0 Å². The van der Waals surface area contributed by atoms with Gasteiger partial charge in [0.05, 0.1) is 0 Å². The number of aromatic nitrogens is 3. The van der Waals surface area contributed by atoms with Crippen LogP contribution in [0, 0.1) is 6.92 Å². The van der Waals surface area contributed by atoms with E-state index in [1.54, 1.807) is 0 Å². The number of hydrogen-bond acceptors (Lipinski definition) is 2. The number of nitrogens with zero attached hydrogens (tertiary/aromatic N) is 2. The van der Waals surface area contributed by atoms with Crippen LogP contribution in [0.3, 0.4) is 0 Å². The van der Waals surface area contributed by atoms with Crippen molar-refractivity contribution >= 4 is 11.0 Å². The lowest BCUT2D eigenvalue weighted by Gasteiger charge is -2.09. The maximum atomic E-state index is 4.21. The van der Waals surface area contributed by atoms with Crippen LogP contribution in [0.2, 0.25) is 0 Å². The first kappa shape index (κ1) is 9.19. The molecule has 1 aromatic carbocycles. The predicted octanol–water partition coefficient (Wildman–Crippen LogP) is 2.78. The minimum Gasteiger partial charge on any atom is -0.197 e. The SMILES string of the molecule is CCC(C)c1ccc(C)c2n[nH]nc12. The normalized spacial score (nSPS) is 13.4. The second-order valence-corrected chi connectivity index (χ2v) is 3.80. The average molecular weight is 189 g/mol. The molecule has 0 aliphatic heterocycles. The molecule has 2 aromatic rings. The van der Waals surface area contributed by atoms with E-state index in [4.69, 9.17) is 0 Å². The second kappa shape index (κ2) is 3.40. The van der Waals surface area contributed by atoms with Gasteiger partial charge in [0.25, 0.3) is 0 Å². The summed E-state index contributed by atoms with van der Waals surface area (Å²) in [5.41, 5.74) is 4.50. The highest BCUT2D eigenvalue weighted by atomic mass is 15.3. The summed E-state index contributed by atoms with van der Waals surface area (Å²) in [5.74, 6) is 0.545. The minimum absolute atomic E-state index is 0.545. The highest BCUT2D eigenvalue weighted by Gasteiger charge is 2.11. The summed E-state index contributed by atoms with van der Waals surface area (Å²) in [6, 6.07) is 4.28. The molecule has 0 spiro atoms. The fraction of sp³-hybridized carbons (Fsp3) is 0.455. The maximum Gasteiger partial charge on any atom is 0.116 e. The van der Waals surface area contributed by atoms with E-state index in [1.165, 1.54) is 11.1 Å². The fourth-order valence-electron chi connectivity index (χ4n) is 1.70. The Morgan fingerprint density at radius 2 is 2.00 bits per heavy atom. The van der Waals surface area contributed by atoms with Gasteiger partial charge in [0.15, 0.2) is 0 Å². The highest BCUT2D eigenvalue weighted by Crippen LogP contribution is 2.26. The van der Waals surface area contributed by atoms with Crippen molar-refractivity contribution in [2.24, 2.45) is 0 Å². The molecule has 1 atom stereocenters. The number of benzene rings is 1. The molecule has 0 aliphatic carbocycles. The zero-order chi connectivity index (χ0) is 10.1. The Labute approximate surface area is 83.5 Å². The van der Waals surface area contributed by atoms with E-state index in [-0.39, 0.29) is 0 Å². The van der Waals surface area contributed by atoms with Crippen LogP contribution in [0.5, 0.6) is 0 Å². The average Bonchev–Trinajstić information content (AvgIpc) is 2.67. The summed E-state index contributed by atoms with van der Waals surface area (Å²) < 4.78 is 0. The van der Waals surface area contributed by atoms with Crippen LogP contribution in [0.4, 0.5) is 0 Å². The Morgan fingerprint density at radius 1 is 1.29 bits per heavy atom. The standard InChI is InChI=1S/C11H15N3/c1-4-7(2)9-6-5-8(3)10-11(9)13-14-12-10/h5-7H,4H2,1-3H3,(H,12,13,14). The molecule has 1 aromatic heterocycles. The van der Waals surface area contributed by atoms with E-state index in [9.17, 15) is 0 Å². The first-order valence-electron chi connectivity index (χ1n) is 5.04. The maximum absolute atomic E-state index is 4.21. The first-order chi connectivity index (χ1) is 6.74. The molecule has 1 unspecified atom stereocenters. The lowest BCUT2D eigenvalue weighted by atomic mass is 9.96. The Hall–Kier alpha value is -1.38. The van der Waals surface area contributed by atoms with Crippen molar-refractivity contribution in [3.63, 3.8) is 0 Å². The summed E-state index contributed by atoms with van der Waals surface area (Å²) in [4.78, 5) is 0. The van der Waals surface area contributed by atoms with Gasteiger partial charge in [0, 0.05) is 0 Å². The minimum atomic E-state index is 0.545. The summed E-state index contributed by atoms with van der Waals surface area (Å²) in [6.45, 7) is 6.47. The molecule has 2 rings (SSSR count). The van der Waals surface area contributed by atoms with E-state index < -0.39 is 0 Å². The van der Waals surface area contributed by atoms with Crippen LogP contribution in [0.25, 0.3) is 11.0 Å². The zero-order valence-electron chi connectivity index (χ0n) is 8.83. The molecule has 3 nitrogen and oxygen atoms in total. The van der Waals surface area contributed by atoms with E-state index >= 15 is 0 Å². The third-order valence-electron chi connectivity index (χ3n) is 2.85. The Kier molecular flexibility index (Phi) is 2.23. The molecule has 0 saturated carbocycles. The van der Waals surface area contributed by atoms with Crippen molar-refractivity contribution in [1.29, 1.82) is 0 Å². The van der Waals surface area contributed by atoms with Crippen molar-refractivity contribution in [1.82, 2.24) is 15.4 Å². The number of aromatic amines is 1. The summed E-state index contributed by atoms with van der Waals surface area (Å²) in [6.07, 6.45) is 1.13. The van der Waals surface area contributed by atoms with E-state index in [2.05, 4.69) is 48.3 Å². The van der Waals surface area contributed by atoms with Gasteiger partial charge in [-0.3, -0.25) is 0 Å². The number of aryl methyl sites for hydroxylation is 1. The first-order valence-corrected chi connectivity index (χ1v) is 5.04. The van der Waals surface area contributed by atoms with Gasteiger partial charge in [-0.15, -0.1) is 0 Å². The Balaban J connectivity index is 2.66. The topological polar surface area (TPSA) is 41.6 Å². The quantitative estimate of drug-likeness (QED) is 0.789. The van der Waals surface area contributed by atoms with Gasteiger partial charge in [-0.1, -0.05) is 26.0 Å². The van der Waals surface area contributed by atoms with Crippen molar-refractivity contribution in [3.8, 4) is 0 Å². The lowest BCUT2D eigenvalue weighted by Crippen LogP contribution is -1.93. The van der Waals surface area contributed by atoms with Crippen LogP contribution < -0.4 is 0 Å². The number of fused-ring (bicyclic) bond motifs is 1. The molecule has 0 fully saturated rings. The molecule has 14 heavy (non-hydrogen) atoms. The molecular weight excluding hydrogens is 174 g/mol. The van der Waals surface area contributed by atoms with Gasteiger partial charge in [-0.05, 0) is 30.4 Å². The van der Waals surface area contributed by atoms with E-state index in [0.29, 0.717) is 5.92 Å². The Bertz CT molecular complexity index is 445. The predicted molar refractivity (Wildman–Crippen MR) is 57.3 cm³/mol. The monoisotopic (exact) mass is 189 g/mol. The summed E-state index contributed by atoms with van der Waals surface area (Å²) >= 11 is 0. The number of nitrogens with one attached hydrogen (secondary N) is 1. The molecule has 0 radical (unpaired) electrons. The smallest absolute Gasteiger partial charge is 0.116 e. The molecule has 3 heteroatoms. The molecule has 74 valence electrons. The highest BCUT2D eigenvalue weighted by molar-refractivity contribution is 5.81. The van der Waals surface area contributed by atoms with Gasteiger partial charge in [0.1, 0.15) is 11.0 Å².